The number of furan rings is 1. The van der Waals surface area contributed by atoms with Crippen molar-refractivity contribution in [2.75, 3.05) is 0 Å². The van der Waals surface area contributed by atoms with Crippen LogP contribution in [0, 0.1) is 0 Å². The molecule has 0 aliphatic rings. The zero-order valence-electron chi connectivity index (χ0n) is 25.9. The van der Waals surface area contributed by atoms with Crippen LogP contribution in [0.4, 0.5) is 0 Å². The molecule has 0 aliphatic carbocycles. The van der Waals surface area contributed by atoms with Crippen molar-refractivity contribution in [2.24, 2.45) is 0 Å². The molecule has 0 unspecified atom stereocenters. The molecular weight excluding hydrogens is 572 g/mol. The van der Waals surface area contributed by atoms with E-state index in [0.717, 1.165) is 39.7 Å². The van der Waals surface area contributed by atoms with Gasteiger partial charge in [-0.1, -0.05) is 85.8 Å². The van der Waals surface area contributed by atoms with Crippen LogP contribution in [0.2, 0.25) is 0 Å². The molecule has 0 saturated heterocycles. The van der Waals surface area contributed by atoms with Gasteiger partial charge in [-0.15, -0.1) is 0 Å². The highest BCUT2D eigenvalue weighted by atomic mass is 16.3. The Morgan fingerprint density at radius 3 is 1.55 bits per heavy atom. The highest BCUT2D eigenvalue weighted by Gasteiger charge is 2.17. The predicted molar refractivity (Wildman–Crippen MR) is 197 cm³/mol. The smallest absolute Gasteiger partial charge is 0.135 e. The quantitative estimate of drug-likeness (QED) is 0.196. The largest absolute Gasteiger partial charge is 0.456 e. The molecule has 3 aromatic heterocycles. The third-order valence-electron chi connectivity index (χ3n) is 9.88. The first-order valence-electron chi connectivity index (χ1n) is 16.3. The molecule has 0 amide bonds. The maximum absolute atomic E-state index is 6.42. The number of benzene rings is 7. The van der Waals surface area contributed by atoms with E-state index in [-0.39, 0.29) is 0 Å². The van der Waals surface area contributed by atoms with Gasteiger partial charge in [0, 0.05) is 43.7 Å². The Morgan fingerprint density at radius 2 is 0.936 bits per heavy atom. The number of hydrogen-bond acceptors (Lipinski definition) is 1. The Morgan fingerprint density at radius 1 is 0.404 bits per heavy atom. The van der Waals surface area contributed by atoms with E-state index in [4.69, 9.17) is 4.42 Å². The standard InChI is InChI=1S/C44H30N2O/c1-2-28-16-20-41-35(24-28)33-12-6-8-14-39(33)45(41)31-18-22-43-37(26-31)38-27-32(19-23-44(38)47-43)46-40-15-9-7-13-34(40)36-25-30(17-21-42(36)46)29-10-4-3-5-11-29/h3-27H,2H2,1H3. The molecule has 3 heteroatoms. The van der Waals surface area contributed by atoms with Gasteiger partial charge in [-0.3, -0.25) is 0 Å². The van der Waals surface area contributed by atoms with Gasteiger partial charge in [0.2, 0.25) is 0 Å². The van der Waals surface area contributed by atoms with Gasteiger partial charge in [0.25, 0.3) is 0 Å². The fraction of sp³-hybridized carbons (Fsp3) is 0.0455. The second-order valence-corrected chi connectivity index (χ2v) is 12.5. The van der Waals surface area contributed by atoms with E-state index in [1.165, 1.54) is 60.3 Å². The van der Waals surface area contributed by atoms with Crippen molar-refractivity contribution in [3.05, 3.63) is 157 Å². The molecule has 47 heavy (non-hydrogen) atoms. The zero-order chi connectivity index (χ0) is 31.1. The molecule has 222 valence electrons. The first-order chi connectivity index (χ1) is 23.2. The monoisotopic (exact) mass is 602 g/mol. The Hall–Kier alpha value is -6.06. The molecule has 0 bridgehead atoms. The van der Waals surface area contributed by atoms with Gasteiger partial charge in [0.05, 0.1) is 22.1 Å². The molecular formula is C44H30N2O. The third-order valence-corrected chi connectivity index (χ3v) is 9.88. The van der Waals surface area contributed by atoms with E-state index in [9.17, 15) is 0 Å². The second kappa shape index (κ2) is 9.97. The van der Waals surface area contributed by atoms with Crippen molar-refractivity contribution in [3.8, 4) is 22.5 Å². The molecule has 0 aliphatic heterocycles. The highest BCUT2D eigenvalue weighted by Crippen LogP contribution is 2.39. The minimum Gasteiger partial charge on any atom is -0.456 e. The molecule has 7 aromatic carbocycles. The minimum atomic E-state index is 0.892. The second-order valence-electron chi connectivity index (χ2n) is 12.5. The van der Waals surface area contributed by atoms with Crippen LogP contribution in [-0.4, -0.2) is 9.13 Å². The fourth-order valence-electron chi connectivity index (χ4n) is 7.61. The molecule has 0 saturated carbocycles. The van der Waals surface area contributed by atoms with Gasteiger partial charge in [-0.05, 0) is 95.9 Å². The van der Waals surface area contributed by atoms with Crippen LogP contribution in [0.15, 0.2) is 156 Å². The van der Waals surface area contributed by atoms with Crippen molar-refractivity contribution in [3.63, 3.8) is 0 Å². The fourth-order valence-corrected chi connectivity index (χ4v) is 7.61. The molecule has 0 fully saturated rings. The molecule has 0 spiro atoms. The van der Waals surface area contributed by atoms with E-state index >= 15 is 0 Å². The molecule has 10 aromatic rings. The third kappa shape index (κ3) is 3.87. The van der Waals surface area contributed by atoms with Gasteiger partial charge in [-0.2, -0.15) is 0 Å². The van der Waals surface area contributed by atoms with Gasteiger partial charge in [0.1, 0.15) is 11.2 Å². The van der Waals surface area contributed by atoms with E-state index in [2.05, 4.69) is 168 Å². The topological polar surface area (TPSA) is 23.0 Å². The summed E-state index contributed by atoms with van der Waals surface area (Å²) in [6.45, 7) is 2.22. The van der Waals surface area contributed by atoms with Crippen LogP contribution in [0.3, 0.4) is 0 Å². The maximum atomic E-state index is 6.42. The average molecular weight is 603 g/mol. The normalized spacial score (nSPS) is 12.0. The summed E-state index contributed by atoms with van der Waals surface area (Å²) < 4.78 is 11.2. The number of aromatic nitrogens is 2. The summed E-state index contributed by atoms with van der Waals surface area (Å²) in [5.74, 6) is 0. The maximum Gasteiger partial charge on any atom is 0.135 e. The van der Waals surface area contributed by atoms with Gasteiger partial charge < -0.3 is 13.6 Å². The summed E-state index contributed by atoms with van der Waals surface area (Å²) in [7, 11) is 0. The number of rotatable bonds is 4. The van der Waals surface area contributed by atoms with Crippen LogP contribution in [0.5, 0.6) is 0 Å². The summed E-state index contributed by atoms with van der Waals surface area (Å²) in [6, 6.07) is 55.0. The predicted octanol–water partition coefficient (Wildman–Crippen LogP) is 12.0. The van der Waals surface area contributed by atoms with E-state index in [1.807, 2.05) is 0 Å². The van der Waals surface area contributed by atoms with Crippen molar-refractivity contribution in [1.29, 1.82) is 0 Å². The Kier molecular flexibility index (Phi) is 5.55. The van der Waals surface area contributed by atoms with Gasteiger partial charge in [-0.25, -0.2) is 0 Å². The van der Waals surface area contributed by atoms with Crippen molar-refractivity contribution >= 4 is 65.6 Å². The minimum absolute atomic E-state index is 0.892. The van der Waals surface area contributed by atoms with Crippen LogP contribution in [0.25, 0.3) is 88.1 Å². The zero-order valence-corrected chi connectivity index (χ0v) is 25.9. The molecule has 0 N–H and O–H groups in total. The average Bonchev–Trinajstić information content (AvgIpc) is 3.78. The summed E-state index contributed by atoms with van der Waals surface area (Å²) in [6.07, 6.45) is 1.02. The van der Waals surface area contributed by atoms with Crippen LogP contribution in [0.1, 0.15) is 12.5 Å². The summed E-state index contributed by atoms with van der Waals surface area (Å²) in [5, 5.41) is 7.29. The lowest BCUT2D eigenvalue weighted by molar-refractivity contribution is 0.669. The first kappa shape index (κ1) is 26.2. The molecule has 0 radical (unpaired) electrons. The number of nitrogens with zero attached hydrogens (tertiary/aromatic N) is 2. The van der Waals surface area contributed by atoms with Gasteiger partial charge >= 0.3 is 0 Å². The number of aryl methyl sites for hydroxylation is 1. The molecule has 10 rings (SSSR count). The van der Waals surface area contributed by atoms with Crippen LogP contribution < -0.4 is 0 Å². The number of hydrogen-bond donors (Lipinski definition) is 0. The summed E-state index contributed by atoms with van der Waals surface area (Å²) >= 11 is 0. The lowest BCUT2D eigenvalue weighted by Crippen LogP contribution is -1.94. The van der Waals surface area contributed by atoms with Crippen molar-refractivity contribution < 1.29 is 4.42 Å². The van der Waals surface area contributed by atoms with Crippen LogP contribution >= 0.6 is 0 Å². The van der Waals surface area contributed by atoms with Crippen LogP contribution in [-0.2, 0) is 6.42 Å². The van der Waals surface area contributed by atoms with Gasteiger partial charge in [0.15, 0.2) is 0 Å². The van der Waals surface area contributed by atoms with E-state index in [0.29, 0.717) is 0 Å². The first-order valence-corrected chi connectivity index (χ1v) is 16.3. The molecule has 3 heterocycles. The Bertz CT molecular complexity index is 2830. The Labute approximate surface area is 271 Å². The molecule has 0 atom stereocenters. The summed E-state index contributed by atoms with van der Waals surface area (Å²) in [5.41, 5.74) is 12.6. The number of para-hydroxylation sites is 2. The summed E-state index contributed by atoms with van der Waals surface area (Å²) in [4.78, 5) is 0. The SMILES string of the molecule is CCc1ccc2c(c1)c1ccccc1n2-c1ccc2oc3ccc(-n4c5ccccc5c5cc(-c6ccccc6)ccc54)cc3c2c1. The highest BCUT2D eigenvalue weighted by molar-refractivity contribution is 6.13. The number of fused-ring (bicyclic) bond motifs is 9. The molecule has 3 nitrogen and oxygen atoms in total. The Balaban J connectivity index is 1.19. The lowest BCUT2D eigenvalue weighted by atomic mass is 10.0. The van der Waals surface area contributed by atoms with E-state index < -0.39 is 0 Å². The van der Waals surface area contributed by atoms with Crippen molar-refractivity contribution in [2.45, 2.75) is 13.3 Å². The van der Waals surface area contributed by atoms with E-state index in [1.54, 1.807) is 0 Å². The lowest BCUT2D eigenvalue weighted by Gasteiger charge is -2.09. The van der Waals surface area contributed by atoms with Crippen molar-refractivity contribution in [1.82, 2.24) is 9.13 Å².